The number of hydrogen-bond acceptors (Lipinski definition) is 4. The summed E-state index contributed by atoms with van der Waals surface area (Å²) in [6.45, 7) is 2.46. The number of phenolic OH excluding ortho intramolecular Hbond substituents is 2. The second-order valence-corrected chi connectivity index (χ2v) is 4.38. The molecule has 0 saturated heterocycles. The largest absolute Gasteiger partial charge is 0.508 e. The second kappa shape index (κ2) is 6.10. The Labute approximate surface area is 117 Å². The van der Waals surface area contributed by atoms with Crippen LogP contribution in [0, 0.1) is 0 Å². The number of carbonyl (C=O) groups is 1. The van der Waals surface area contributed by atoms with Crippen LogP contribution in [0.1, 0.15) is 22.8 Å². The molecule has 0 radical (unpaired) electrons. The third kappa shape index (κ3) is 3.29. The van der Waals surface area contributed by atoms with Crippen LogP contribution in [-0.2, 0) is 6.42 Å². The maximum atomic E-state index is 12.1. The van der Waals surface area contributed by atoms with Crippen molar-refractivity contribution in [3.8, 4) is 17.2 Å². The van der Waals surface area contributed by atoms with Crippen molar-refractivity contribution in [2.75, 3.05) is 6.61 Å². The monoisotopic (exact) mass is 272 g/mol. The molecule has 20 heavy (non-hydrogen) atoms. The molecule has 2 N–H and O–H groups in total. The number of ketones is 1. The molecule has 0 aromatic heterocycles. The second-order valence-electron chi connectivity index (χ2n) is 4.38. The molecule has 0 heterocycles. The van der Waals surface area contributed by atoms with E-state index in [0.29, 0.717) is 12.4 Å². The number of benzene rings is 2. The van der Waals surface area contributed by atoms with Gasteiger partial charge in [0.15, 0.2) is 5.78 Å². The van der Waals surface area contributed by atoms with Gasteiger partial charge in [0, 0.05) is 12.5 Å². The van der Waals surface area contributed by atoms with Crippen LogP contribution in [0.2, 0.25) is 0 Å². The summed E-state index contributed by atoms with van der Waals surface area (Å²) in [4.78, 5) is 12.1. The molecule has 104 valence electrons. The Bertz CT molecular complexity index is 620. The molecule has 0 atom stereocenters. The summed E-state index contributed by atoms with van der Waals surface area (Å²) in [5.74, 6) is 0.220. The molecular formula is C16H16O4. The predicted molar refractivity (Wildman–Crippen MR) is 75.4 cm³/mol. The standard InChI is InChI=1S/C16H16O4/c1-2-20-13-5-3-4-11(8-13)9-15(18)14-7-6-12(17)10-16(14)19/h3-8,10,17,19H,2,9H2,1H3. The first-order valence-electron chi connectivity index (χ1n) is 6.37. The number of hydrogen-bond donors (Lipinski definition) is 2. The van der Waals surface area contributed by atoms with Crippen molar-refractivity contribution in [1.82, 2.24) is 0 Å². The van der Waals surface area contributed by atoms with E-state index in [4.69, 9.17) is 4.74 Å². The fraction of sp³-hybridized carbons (Fsp3) is 0.188. The zero-order chi connectivity index (χ0) is 14.5. The SMILES string of the molecule is CCOc1cccc(CC(=O)c2ccc(O)cc2O)c1. The zero-order valence-corrected chi connectivity index (χ0v) is 11.2. The molecule has 0 unspecified atom stereocenters. The highest BCUT2D eigenvalue weighted by Crippen LogP contribution is 2.24. The first-order valence-corrected chi connectivity index (χ1v) is 6.37. The molecule has 0 bridgehead atoms. The lowest BCUT2D eigenvalue weighted by atomic mass is 10.0. The lowest BCUT2D eigenvalue weighted by molar-refractivity contribution is 0.0990. The lowest BCUT2D eigenvalue weighted by Gasteiger charge is -2.07. The third-order valence-corrected chi connectivity index (χ3v) is 2.86. The number of rotatable bonds is 5. The Morgan fingerprint density at radius 2 is 1.95 bits per heavy atom. The molecule has 0 aliphatic rings. The van der Waals surface area contributed by atoms with Gasteiger partial charge in [-0.15, -0.1) is 0 Å². The quantitative estimate of drug-likeness (QED) is 0.821. The van der Waals surface area contributed by atoms with E-state index >= 15 is 0 Å². The molecule has 2 aromatic rings. The van der Waals surface area contributed by atoms with Crippen molar-refractivity contribution in [2.24, 2.45) is 0 Å². The van der Waals surface area contributed by atoms with Crippen molar-refractivity contribution in [1.29, 1.82) is 0 Å². The van der Waals surface area contributed by atoms with Crippen LogP contribution < -0.4 is 4.74 Å². The van der Waals surface area contributed by atoms with Crippen LogP contribution in [0.3, 0.4) is 0 Å². The van der Waals surface area contributed by atoms with Gasteiger partial charge in [-0.05, 0) is 36.8 Å². The average molecular weight is 272 g/mol. The van der Waals surface area contributed by atoms with Crippen LogP contribution in [0.4, 0.5) is 0 Å². The Morgan fingerprint density at radius 1 is 1.15 bits per heavy atom. The zero-order valence-electron chi connectivity index (χ0n) is 11.2. The minimum absolute atomic E-state index is 0.0719. The predicted octanol–water partition coefficient (Wildman–Crippen LogP) is 2.92. The highest BCUT2D eigenvalue weighted by atomic mass is 16.5. The maximum Gasteiger partial charge on any atom is 0.170 e. The van der Waals surface area contributed by atoms with E-state index in [9.17, 15) is 15.0 Å². The number of Topliss-reactive ketones (excluding diaryl/α,β-unsaturated/α-hetero) is 1. The number of aromatic hydroxyl groups is 2. The molecule has 0 fully saturated rings. The summed E-state index contributed by atoms with van der Waals surface area (Å²) >= 11 is 0. The van der Waals surface area contributed by atoms with Crippen LogP contribution in [0.25, 0.3) is 0 Å². The summed E-state index contributed by atoms with van der Waals surface area (Å²) < 4.78 is 5.38. The fourth-order valence-corrected chi connectivity index (χ4v) is 1.95. The Balaban J connectivity index is 2.17. The summed E-state index contributed by atoms with van der Waals surface area (Å²) in [5, 5.41) is 18.9. The smallest absolute Gasteiger partial charge is 0.170 e. The van der Waals surface area contributed by atoms with Gasteiger partial charge in [-0.1, -0.05) is 12.1 Å². The molecule has 0 saturated carbocycles. The number of ether oxygens (including phenoxy) is 1. The molecular weight excluding hydrogens is 256 g/mol. The van der Waals surface area contributed by atoms with Crippen molar-refractivity contribution in [2.45, 2.75) is 13.3 Å². The van der Waals surface area contributed by atoms with Crippen LogP contribution in [0.5, 0.6) is 17.2 Å². The highest BCUT2D eigenvalue weighted by Gasteiger charge is 2.12. The molecule has 0 amide bonds. The van der Waals surface area contributed by atoms with Gasteiger partial charge < -0.3 is 14.9 Å². The average Bonchev–Trinajstić information content (AvgIpc) is 2.39. The van der Waals surface area contributed by atoms with Gasteiger partial charge >= 0.3 is 0 Å². The Kier molecular flexibility index (Phi) is 4.25. The van der Waals surface area contributed by atoms with Crippen LogP contribution in [-0.4, -0.2) is 22.6 Å². The third-order valence-electron chi connectivity index (χ3n) is 2.86. The van der Waals surface area contributed by atoms with E-state index in [2.05, 4.69) is 0 Å². The van der Waals surface area contributed by atoms with Gasteiger partial charge in [0.2, 0.25) is 0 Å². The maximum absolute atomic E-state index is 12.1. The molecule has 4 heteroatoms. The topological polar surface area (TPSA) is 66.8 Å². The van der Waals surface area contributed by atoms with E-state index in [0.717, 1.165) is 11.6 Å². The fourth-order valence-electron chi connectivity index (χ4n) is 1.95. The van der Waals surface area contributed by atoms with Gasteiger partial charge in [-0.25, -0.2) is 0 Å². The van der Waals surface area contributed by atoms with Gasteiger partial charge in [-0.2, -0.15) is 0 Å². The summed E-state index contributed by atoms with van der Waals surface area (Å²) in [5.41, 5.74) is 1.01. The van der Waals surface area contributed by atoms with E-state index < -0.39 is 0 Å². The summed E-state index contributed by atoms with van der Waals surface area (Å²) in [6.07, 6.45) is 0.166. The number of carbonyl (C=O) groups excluding carboxylic acids is 1. The number of phenols is 2. The van der Waals surface area contributed by atoms with E-state index in [1.807, 2.05) is 25.1 Å². The molecule has 4 nitrogen and oxygen atoms in total. The van der Waals surface area contributed by atoms with Gasteiger partial charge in [0.25, 0.3) is 0 Å². The van der Waals surface area contributed by atoms with Crippen LogP contribution in [0.15, 0.2) is 42.5 Å². The molecule has 0 aliphatic carbocycles. The van der Waals surface area contributed by atoms with Gasteiger partial charge in [0.05, 0.1) is 12.2 Å². The molecule has 0 aliphatic heterocycles. The molecule has 0 spiro atoms. The molecule has 2 rings (SSSR count). The minimum Gasteiger partial charge on any atom is -0.508 e. The minimum atomic E-state index is -0.212. The Hall–Kier alpha value is -2.49. The Morgan fingerprint density at radius 3 is 2.65 bits per heavy atom. The lowest BCUT2D eigenvalue weighted by Crippen LogP contribution is -2.04. The first-order chi connectivity index (χ1) is 9.60. The van der Waals surface area contributed by atoms with Crippen molar-refractivity contribution in [3.05, 3.63) is 53.6 Å². The van der Waals surface area contributed by atoms with Crippen molar-refractivity contribution >= 4 is 5.78 Å². The summed E-state index contributed by atoms with van der Waals surface area (Å²) in [6, 6.07) is 11.2. The normalized spacial score (nSPS) is 10.2. The van der Waals surface area contributed by atoms with Crippen molar-refractivity contribution in [3.63, 3.8) is 0 Å². The van der Waals surface area contributed by atoms with E-state index in [1.54, 1.807) is 6.07 Å². The molecule has 2 aromatic carbocycles. The first kappa shape index (κ1) is 13.9. The van der Waals surface area contributed by atoms with E-state index in [-0.39, 0.29) is 29.3 Å². The summed E-state index contributed by atoms with van der Waals surface area (Å²) in [7, 11) is 0. The van der Waals surface area contributed by atoms with Gasteiger partial charge in [0.1, 0.15) is 17.2 Å². The highest BCUT2D eigenvalue weighted by molar-refractivity contribution is 6.00. The van der Waals surface area contributed by atoms with Crippen molar-refractivity contribution < 1.29 is 19.7 Å². The van der Waals surface area contributed by atoms with E-state index in [1.165, 1.54) is 12.1 Å². The van der Waals surface area contributed by atoms with Crippen LogP contribution >= 0.6 is 0 Å². The van der Waals surface area contributed by atoms with Gasteiger partial charge in [-0.3, -0.25) is 4.79 Å².